The Morgan fingerprint density at radius 3 is 2.67 bits per heavy atom. The van der Waals surface area contributed by atoms with Crippen molar-refractivity contribution in [1.82, 2.24) is 10.2 Å². The van der Waals surface area contributed by atoms with Crippen molar-refractivity contribution in [2.24, 2.45) is 5.41 Å². The Hall–Kier alpha value is -0.120. The lowest BCUT2D eigenvalue weighted by atomic mass is 9.84. The summed E-state index contributed by atoms with van der Waals surface area (Å²) in [5.41, 5.74) is 0.339. The van der Waals surface area contributed by atoms with Gasteiger partial charge in [-0.1, -0.05) is 20.8 Å². The summed E-state index contributed by atoms with van der Waals surface area (Å²) in [4.78, 5) is 2.63. The maximum Gasteiger partial charge on any atom is 0.0702 e. The minimum Gasteiger partial charge on any atom is -0.377 e. The van der Waals surface area contributed by atoms with Crippen molar-refractivity contribution < 1.29 is 4.74 Å². The van der Waals surface area contributed by atoms with E-state index in [-0.39, 0.29) is 0 Å². The topological polar surface area (TPSA) is 24.5 Å². The van der Waals surface area contributed by atoms with Gasteiger partial charge in [0.15, 0.2) is 0 Å². The van der Waals surface area contributed by atoms with Gasteiger partial charge in [0.1, 0.15) is 0 Å². The minimum absolute atomic E-state index is 0.339. The molecule has 106 valence electrons. The average molecular weight is 254 g/mol. The molecule has 0 aromatic carbocycles. The number of rotatable bonds is 2. The van der Waals surface area contributed by atoms with Crippen molar-refractivity contribution in [1.29, 1.82) is 0 Å². The Bertz CT molecular complexity index is 256. The second-order valence-corrected chi connectivity index (χ2v) is 7.12. The first-order chi connectivity index (χ1) is 8.47. The van der Waals surface area contributed by atoms with Gasteiger partial charge in [0.2, 0.25) is 0 Å². The van der Waals surface area contributed by atoms with Crippen LogP contribution in [-0.2, 0) is 4.74 Å². The highest BCUT2D eigenvalue weighted by Crippen LogP contribution is 2.24. The predicted octanol–water partition coefficient (Wildman–Crippen LogP) is 2.26. The van der Waals surface area contributed by atoms with Gasteiger partial charge in [-0.2, -0.15) is 0 Å². The highest BCUT2D eigenvalue weighted by molar-refractivity contribution is 4.91. The van der Waals surface area contributed by atoms with Crippen molar-refractivity contribution in [2.75, 3.05) is 26.2 Å². The Kier molecular flexibility index (Phi) is 4.68. The third-order valence-corrected chi connectivity index (χ3v) is 4.46. The van der Waals surface area contributed by atoms with Crippen LogP contribution in [0.25, 0.3) is 0 Å². The van der Waals surface area contributed by atoms with Crippen LogP contribution in [0.4, 0.5) is 0 Å². The van der Waals surface area contributed by atoms with E-state index in [0.717, 1.165) is 26.2 Å². The highest BCUT2D eigenvalue weighted by Gasteiger charge is 2.33. The number of hydrogen-bond donors (Lipinski definition) is 1. The normalized spacial score (nSPS) is 35.7. The molecular weight excluding hydrogens is 224 g/mol. The molecule has 3 nitrogen and oxygen atoms in total. The molecule has 2 fully saturated rings. The summed E-state index contributed by atoms with van der Waals surface area (Å²) in [5, 5.41) is 3.69. The lowest BCUT2D eigenvalue weighted by Crippen LogP contribution is -2.60. The van der Waals surface area contributed by atoms with Gasteiger partial charge in [-0.05, 0) is 31.6 Å². The maximum absolute atomic E-state index is 5.89. The minimum atomic E-state index is 0.339. The van der Waals surface area contributed by atoms with E-state index in [9.17, 15) is 0 Å². The van der Waals surface area contributed by atoms with Crippen LogP contribution in [-0.4, -0.2) is 49.3 Å². The van der Waals surface area contributed by atoms with Crippen LogP contribution in [0.5, 0.6) is 0 Å². The van der Waals surface area contributed by atoms with Crippen LogP contribution in [0.2, 0.25) is 0 Å². The molecule has 2 heterocycles. The molecule has 0 amide bonds. The van der Waals surface area contributed by atoms with E-state index in [1.165, 1.54) is 19.3 Å². The first kappa shape index (κ1) is 14.3. The Morgan fingerprint density at radius 2 is 2.06 bits per heavy atom. The molecule has 1 N–H and O–H groups in total. The molecule has 2 rings (SSSR count). The van der Waals surface area contributed by atoms with Crippen LogP contribution in [0.1, 0.15) is 47.0 Å². The Morgan fingerprint density at radius 1 is 1.28 bits per heavy atom. The van der Waals surface area contributed by atoms with Crippen molar-refractivity contribution in [3.05, 3.63) is 0 Å². The van der Waals surface area contributed by atoms with Crippen LogP contribution in [0, 0.1) is 5.41 Å². The van der Waals surface area contributed by atoms with E-state index in [4.69, 9.17) is 4.74 Å². The fourth-order valence-corrected chi connectivity index (χ4v) is 2.97. The van der Waals surface area contributed by atoms with E-state index in [2.05, 4.69) is 37.9 Å². The van der Waals surface area contributed by atoms with E-state index < -0.39 is 0 Å². The smallest absolute Gasteiger partial charge is 0.0702 e. The van der Waals surface area contributed by atoms with Crippen LogP contribution >= 0.6 is 0 Å². The standard InChI is InChI=1S/C15H30N2O/c1-12-9-16-14(15(2,3)4)11-17(12)10-13-7-5-6-8-18-13/h12-14,16H,5-11H2,1-4H3. The largest absolute Gasteiger partial charge is 0.377 e. The summed E-state index contributed by atoms with van der Waals surface area (Å²) in [6, 6.07) is 1.23. The van der Waals surface area contributed by atoms with Crippen LogP contribution in [0.15, 0.2) is 0 Å². The second kappa shape index (κ2) is 5.89. The van der Waals surface area contributed by atoms with E-state index in [1.54, 1.807) is 0 Å². The molecule has 2 aliphatic rings. The molecule has 2 saturated heterocycles. The number of piperazine rings is 1. The Labute approximate surface area is 112 Å². The molecule has 3 unspecified atom stereocenters. The molecule has 0 aromatic rings. The van der Waals surface area contributed by atoms with Gasteiger partial charge in [0, 0.05) is 38.3 Å². The molecule has 18 heavy (non-hydrogen) atoms. The zero-order chi connectivity index (χ0) is 13.2. The van der Waals surface area contributed by atoms with Gasteiger partial charge in [0.25, 0.3) is 0 Å². The summed E-state index contributed by atoms with van der Waals surface area (Å²) < 4.78 is 5.89. The third kappa shape index (κ3) is 3.69. The van der Waals surface area contributed by atoms with Gasteiger partial charge in [-0.25, -0.2) is 0 Å². The fraction of sp³-hybridized carbons (Fsp3) is 1.00. The molecule has 2 aliphatic heterocycles. The quantitative estimate of drug-likeness (QED) is 0.818. The summed E-state index contributed by atoms with van der Waals surface area (Å²) >= 11 is 0. The van der Waals surface area contributed by atoms with Crippen LogP contribution < -0.4 is 5.32 Å². The highest BCUT2D eigenvalue weighted by atomic mass is 16.5. The van der Waals surface area contributed by atoms with E-state index >= 15 is 0 Å². The molecule has 3 atom stereocenters. The molecule has 0 bridgehead atoms. The SMILES string of the molecule is CC1CNC(C(C)(C)C)CN1CC1CCCCO1. The summed E-state index contributed by atoms with van der Waals surface area (Å²) in [6.45, 7) is 13.7. The molecule has 0 aliphatic carbocycles. The van der Waals surface area contributed by atoms with E-state index in [0.29, 0.717) is 23.6 Å². The zero-order valence-electron chi connectivity index (χ0n) is 12.5. The van der Waals surface area contributed by atoms with Crippen molar-refractivity contribution >= 4 is 0 Å². The van der Waals surface area contributed by atoms with Crippen molar-refractivity contribution in [3.63, 3.8) is 0 Å². The van der Waals surface area contributed by atoms with Gasteiger partial charge in [-0.3, -0.25) is 4.90 Å². The lowest BCUT2D eigenvalue weighted by molar-refractivity contribution is -0.0244. The van der Waals surface area contributed by atoms with Gasteiger partial charge >= 0.3 is 0 Å². The first-order valence-corrected chi connectivity index (χ1v) is 7.56. The zero-order valence-corrected chi connectivity index (χ0v) is 12.5. The second-order valence-electron chi connectivity index (χ2n) is 7.12. The monoisotopic (exact) mass is 254 g/mol. The van der Waals surface area contributed by atoms with Crippen molar-refractivity contribution in [3.8, 4) is 0 Å². The molecule has 0 saturated carbocycles. The van der Waals surface area contributed by atoms with Crippen molar-refractivity contribution in [2.45, 2.75) is 65.1 Å². The summed E-state index contributed by atoms with van der Waals surface area (Å²) in [5.74, 6) is 0. The third-order valence-electron chi connectivity index (χ3n) is 4.46. The van der Waals surface area contributed by atoms with Gasteiger partial charge < -0.3 is 10.1 Å². The Balaban J connectivity index is 1.88. The number of ether oxygens (including phenoxy) is 1. The predicted molar refractivity (Wildman–Crippen MR) is 75.9 cm³/mol. The van der Waals surface area contributed by atoms with E-state index in [1.807, 2.05) is 0 Å². The number of nitrogens with zero attached hydrogens (tertiary/aromatic N) is 1. The maximum atomic E-state index is 5.89. The molecule has 0 radical (unpaired) electrons. The van der Waals surface area contributed by atoms with Crippen LogP contribution in [0.3, 0.4) is 0 Å². The molecule has 0 aromatic heterocycles. The average Bonchev–Trinajstić information content (AvgIpc) is 2.32. The number of hydrogen-bond acceptors (Lipinski definition) is 3. The molecule has 3 heteroatoms. The van der Waals surface area contributed by atoms with Gasteiger partial charge in [0.05, 0.1) is 6.10 Å². The lowest BCUT2D eigenvalue weighted by Gasteiger charge is -2.45. The molecular formula is C15H30N2O. The fourth-order valence-electron chi connectivity index (χ4n) is 2.97. The molecule has 0 spiro atoms. The summed E-state index contributed by atoms with van der Waals surface area (Å²) in [6.07, 6.45) is 4.31. The first-order valence-electron chi connectivity index (χ1n) is 7.56. The summed E-state index contributed by atoms with van der Waals surface area (Å²) in [7, 11) is 0. The van der Waals surface area contributed by atoms with Gasteiger partial charge in [-0.15, -0.1) is 0 Å². The number of nitrogens with one attached hydrogen (secondary N) is 1.